The van der Waals surface area contributed by atoms with Crippen molar-refractivity contribution in [1.82, 2.24) is 10.3 Å². The Labute approximate surface area is 141 Å². The fourth-order valence-corrected chi connectivity index (χ4v) is 4.35. The predicted molar refractivity (Wildman–Crippen MR) is 82.9 cm³/mol. The van der Waals surface area contributed by atoms with Crippen molar-refractivity contribution in [1.29, 1.82) is 0 Å². The van der Waals surface area contributed by atoms with E-state index >= 15 is 0 Å². The van der Waals surface area contributed by atoms with E-state index < -0.39 is 17.8 Å². The Kier molecular flexibility index (Phi) is 2.99. The molecule has 2 saturated heterocycles. The highest BCUT2D eigenvalue weighted by atomic mass is 19.4. The fraction of sp³-hybridized carbons (Fsp3) is 0.444. The molecule has 3 heterocycles. The van der Waals surface area contributed by atoms with Crippen LogP contribution in [0.25, 0.3) is 10.9 Å². The predicted octanol–water partition coefficient (Wildman–Crippen LogP) is 3.16. The van der Waals surface area contributed by atoms with Crippen LogP contribution in [-0.2, 0) is 10.9 Å². The highest BCUT2D eigenvalue weighted by molar-refractivity contribution is 6.06. The lowest BCUT2D eigenvalue weighted by atomic mass is 9.95. The van der Waals surface area contributed by atoms with Crippen molar-refractivity contribution in [2.75, 3.05) is 0 Å². The molecule has 2 aromatic rings. The summed E-state index contributed by atoms with van der Waals surface area (Å²) in [4.78, 5) is 16.4. The molecule has 3 aliphatic rings. The number of benzene rings is 1. The number of ether oxygens (including phenoxy) is 1. The number of fused-ring (bicyclic) bond motifs is 6. The minimum atomic E-state index is -4.60. The molecule has 5 atom stereocenters. The number of pyridine rings is 1. The summed E-state index contributed by atoms with van der Waals surface area (Å²) in [5.41, 5.74) is -0.884. The maximum Gasteiger partial charge on any atom is 0.433 e. The molecule has 1 aromatic heterocycles. The number of para-hydroxylation sites is 1. The summed E-state index contributed by atoms with van der Waals surface area (Å²) >= 11 is 0. The fourth-order valence-electron chi connectivity index (χ4n) is 4.35. The quantitative estimate of drug-likeness (QED) is 0.907. The first-order valence-electron chi connectivity index (χ1n) is 8.35. The Bertz CT molecular complexity index is 882. The van der Waals surface area contributed by atoms with Crippen molar-refractivity contribution in [2.24, 2.45) is 11.8 Å². The number of nitrogens with zero attached hydrogens (tertiary/aromatic N) is 1. The molecule has 7 heteroatoms. The van der Waals surface area contributed by atoms with Crippen molar-refractivity contribution in [3.8, 4) is 0 Å². The van der Waals surface area contributed by atoms with E-state index in [1.807, 2.05) is 0 Å². The lowest BCUT2D eigenvalue weighted by molar-refractivity contribution is -0.140. The molecule has 0 unspecified atom stereocenters. The SMILES string of the molecule is O=C(N[C@@H]1C[C@@H]2O[C@H]1[C@H]1C[C@H]12)c1cc(C(F)(F)F)nc2ccccc12. The van der Waals surface area contributed by atoms with E-state index in [0.29, 0.717) is 17.2 Å². The number of carbonyl (C=O) groups excluding carboxylic acids is 1. The second-order valence-electron chi connectivity index (χ2n) is 7.09. The minimum absolute atomic E-state index is 0.00745. The third-order valence-electron chi connectivity index (χ3n) is 5.57. The van der Waals surface area contributed by atoms with Crippen LogP contribution in [0, 0.1) is 11.8 Å². The summed E-state index contributed by atoms with van der Waals surface area (Å²) in [5.74, 6) is 0.628. The molecule has 1 aliphatic carbocycles. The Morgan fingerprint density at radius 1 is 1.20 bits per heavy atom. The van der Waals surface area contributed by atoms with Crippen LogP contribution >= 0.6 is 0 Å². The number of halogens is 3. The third kappa shape index (κ3) is 2.33. The Balaban J connectivity index is 1.49. The molecule has 25 heavy (non-hydrogen) atoms. The summed E-state index contributed by atoms with van der Waals surface area (Å²) in [5, 5.41) is 3.31. The zero-order valence-electron chi connectivity index (χ0n) is 13.1. The molecule has 5 rings (SSSR count). The van der Waals surface area contributed by atoms with E-state index in [2.05, 4.69) is 10.3 Å². The zero-order chi connectivity index (χ0) is 17.3. The van der Waals surface area contributed by atoms with Gasteiger partial charge in [0, 0.05) is 5.39 Å². The number of nitrogens with one attached hydrogen (secondary N) is 1. The largest absolute Gasteiger partial charge is 0.433 e. The molecule has 1 amide bonds. The molecular weight excluding hydrogens is 333 g/mol. The summed E-state index contributed by atoms with van der Waals surface area (Å²) in [7, 11) is 0. The van der Waals surface area contributed by atoms with Crippen LogP contribution in [0.1, 0.15) is 28.9 Å². The van der Waals surface area contributed by atoms with Crippen molar-refractivity contribution in [3.63, 3.8) is 0 Å². The van der Waals surface area contributed by atoms with Crippen molar-refractivity contribution in [3.05, 3.63) is 41.6 Å². The molecule has 2 aliphatic heterocycles. The number of aromatic nitrogens is 1. The van der Waals surface area contributed by atoms with E-state index in [1.54, 1.807) is 18.2 Å². The van der Waals surface area contributed by atoms with Gasteiger partial charge in [-0.15, -0.1) is 0 Å². The maximum atomic E-state index is 13.1. The molecule has 0 radical (unpaired) electrons. The van der Waals surface area contributed by atoms with Crippen LogP contribution in [0.4, 0.5) is 13.2 Å². The molecule has 4 nitrogen and oxygen atoms in total. The molecule has 1 saturated carbocycles. The first-order chi connectivity index (χ1) is 11.9. The van der Waals surface area contributed by atoms with Gasteiger partial charge in [0.25, 0.3) is 5.91 Å². The molecular formula is C18H15F3N2O2. The average molecular weight is 348 g/mol. The van der Waals surface area contributed by atoms with Gasteiger partial charge in [0.05, 0.1) is 29.3 Å². The number of rotatable bonds is 2. The van der Waals surface area contributed by atoms with Crippen LogP contribution in [0.3, 0.4) is 0 Å². The second-order valence-corrected chi connectivity index (χ2v) is 7.09. The van der Waals surface area contributed by atoms with Gasteiger partial charge in [-0.1, -0.05) is 18.2 Å². The van der Waals surface area contributed by atoms with Crippen LogP contribution in [-0.4, -0.2) is 29.1 Å². The summed E-state index contributed by atoms with van der Waals surface area (Å²) in [6.45, 7) is 0. The van der Waals surface area contributed by atoms with Gasteiger partial charge in [-0.05, 0) is 36.8 Å². The molecule has 0 spiro atoms. The van der Waals surface area contributed by atoms with Crippen LogP contribution < -0.4 is 5.32 Å². The number of alkyl halides is 3. The van der Waals surface area contributed by atoms with Gasteiger partial charge >= 0.3 is 6.18 Å². The van der Waals surface area contributed by atoms with Gasteiger partial charge in [-0.3, -0.25) is 4.79 Å². The smallest absolute Gasteiger partial charge is 0.372 e. The van der Waals surface area contributed by atoms with Crippen molar-refractivity contribution in [2.45, 2.75) is 37.3 Å². The van der Waals surface area contributed by atoms with E-state index in [9.17, 15) is 18.0 Å². The normalized spacial score (nSPS) is 32.7. The number of amides is 1. The van der Waals surface area contributed by atoms with Crippen molar-refractivity contribution < 1.29 is 22.7 Å². The second kappa shape index (κ2) is 4.94. The Morgan fingerprint density at radius 3 is 2.72 bits per heavy atom. The van der Waals surface area contributed by atoms with Gasteiger partial charge in [0.2, 0.25) is 0 Å². The van der Waals surface area contributed by atoms with E-state index in [0.717, 1.165) is 18.9 Å². The summed E-state index contributed by atoms with van der Waals surface area (Å²) < 4.78 is 45.2. The third-order valence-corrected chi connectivity index (χ3v) is 5.57. The minimum Gasteiger partial charge on any atom is -0.372 e. The van der Waals surface area contributed by atoms with E-state index in [4.69, 9.17) is 4.74 Å². The molecule has 130 valence electrons. The average Bonchev–Trinajstić information content (AvgIpc) is 3.19. The maximum absolute atomic E-state index is 13.1. The van der Waals surface area contributed by atoms with Crippen LogP contribution in [0.5, 0.6) is 0 Å². The molecule has 1 N–H and O–H groups in total. The van der Waals surface area contributed by atoms with E-state index in [-0.39, 0.29) is 29.3 Å². The Morgan fingerprint density at radius 2 is 2.00 bits per heavy atom. The van der Waals surface area contributed by atoms with Gasteiger partial charge in [0.1, 0.15) is 5.69 Å². The van der Waals surface area contributed by atoms with Gasteiger partial charge < -0.3 is 10.1 Å². The topological polar surface area (TPSA) is 51.2 Å². The standard InChI is InChI=1S/C18H15F3N2O2/c19-18(20,21)15-6-11(8-3-1-2-4-12(8)22-15)17(24)23-13-7-14-9-5-10(9)16(13)25-14/h1-4,6,9-10,13-14,16H,5,7H2,(H,23,24)/t9-,10+,13-,14+,16+/m1/s1. The zero-order valence-corrected chi connectivity index (χ0v) is 13.1. The summed E-state index contributed by atoms with van der Waals surface area (Å²) in [6, 6.07) is 7.11. The molecule has 3 fully saturated rings. The van der Waals surface area contributed by atoms with Gasteiger partial charge in [-0.25, -0.2) is 4.98 Å². The highest BCUT2D eigenvalue weighted by Crippen LogP contribution is 2.58. The lowest BCUT2D eigenvalue weighted by Crippen LogP contribution is -2.42. The van der Waals surface area contributed by atoms with Crippen molar-refractivity contribution >= 4 is 16.8 Å². The lowest BCUT2D eigenvalue weighted by Gasteiger charge is -2.21. The monoisotopic (exact) mass is 348 g/mol. The number of carbonyl (C=O) groups is 1. The number of hydrogen-bond acceptors (Lipinski definition) is 3. The summed E-state index contributed by atoms with van der Waals surface area (Å²) in [6.07, 6.45) is -2.52. The first kappa shape index (κ1) is 15.1. The Hall–Kier alpha value is -2.15. The van der Waals surface area contributed by atoms with E-state index in [1.165, 1.54) is 6.07 Å². The molecule has 1 aromatic carbocycles. The van der Waals surface area contributed by atoms with Crippen LogP contribution in [0.2, 0.25) is 0 Å². The first-order valence-corrected chi connectivity index (χ1v) is 8.35. The highest BCUT2D eigenvalue weighted by Gasteiger charge is 2.63. The number of hydrogen-bond donors (Lipinski definition) is 1. The van der Waals surface area contributed by atoms with Gasteiger partial charge in [0.15, 0.2) is 0 Å². The molecule has 2 bridgehead atoms. The van der Waals surface area contributed by atoms with Crippen LogP contribution in [0.15, 0.2) is 30.3 Å². The van der Waals surface area contributed by atoms with Gasteiger partial charge in [-0.2, -0.15) is 13.2 Å².